The number of alkyl halides is 6. The Labute approximate surface area is 276 Å². The molecule has 0 spiro atoms. The minimum absolute atomic E-state index is 0.0646. The van der Waals surface area contributed by atoms with E-state index in [-0.39, 0.29) is 30.4 Å². The van der Waals surface area contributed by atoms with Crippen molar-refractivity contribution in [2.24, 2.45) is 5.73 Å². The fourth-order valence-electron chi connectivity index (χ4n) is 3.74. The van der Waals surface area contributed by atoms with E-state index in [0.29, 0.717) is 49.5 Å². The summed E-state index contributed by atoms with van der Waals surface area (Å²) in [6.45, 7) is 0.304. The monoisotopic (exact) mass is 725 g/mol. The Morgan fingerprint density at radius 3 is 2.02 bits per heavy atom. The van der Waals surface area contributed by atoms with Gasteiger partial charge in [-0.05, 0) is 43.4 Å². The number of para-hydroxylation sites is 1. The van der Waals surface area contributed by atoms with Gasteiger partial charge in [0, 0.05) is 24.6 Å². The molecule has 0 unspecified atom stereocenters. The number of ether oxygens (including phenoxy) is 2. The SMILES string of the molecule is COC(=O)[C@H](CCSC)NC(=O)[C@@H]1C[C@H](Oc2ccccc2)CN1C(=O)CCC[C@@H](N)CS.O=C(O)C(F)(F)F.O=C(O)C(F)(F)F. The van der Waals surface area contributed by atoms with Crippen molar-refractivity contribution in [2.45, 2.75) is 68.7 Å². The highest BCUT2D eigenvalue weighted by molar-refractivity contribution is 7.98. The number of methoxy groups -OCH3 is 1. The van der Waals surface area contributed by atoms with Crippen LogP contribution in [0.4, 0.5) is 26.3 Å². The number of nitrogens with zero attached hydrogens (tertiary/aromatic N) is 1. The minimum Gasteiger partial charge on any atom is -0.488 e. The Hall–Kier alpha value is -3.39. The van der Waals surface area contributed by atoms with Crippen LogP contribution < -0.4 is 15.8 Å². The van der Waals surface area contributed by atoms with Crippen LogP contribution in [0.2, 0.25) is 0 Å². The molecule has 47 heavy (non-hydrogen) atoms. The van der Waals surface area contributed by atoms with E-state index >= 15 is 0 Å². The molecule has 268 valence electrons. The van der Waals surface area contributed by atoms with E-state index in [1.807, 2.05) is 36.6 Å². The van der Waals surface area contributed by atoms with Crippen molar-refractivity contribution in [3.05, 3.63) is 30.3 Å². The normalized spacial score (nSPS) is 17.1. The number of amides is 2. The van der Waals surface area contributed by atoms with Gasteiger partial charge in [0.05, 0.1) is 13.7 Å². The van der Waals surface area contributed by atoms with Gasteiger partial charge in [-0.25, -0.2) is 14.4 Å². The Morgan fingerprint density at radius 2 is 1.57 bits per heavy atom. The molecule has 1 aromatic rings. The molecule has 4 atom stereocenters. The highest BCUT2D eigenvalue weighted by Gasteiger charge is 2.42. The molecule has 1 aromatic carbocycles. The zero-order chi connectivity index (χ0) is 36.4. The predicted molar refractivity (Wildman–Crippen MR) is 161 cm³/mol. The maximum absolute atomic E-state index is 13.2. The first-order valence-electron chi connectivity index (χ1n) is 13.6. The molecule has 1 fully saturated rings. The third kappa shape index (κ3) is 17.9. The molecule has 1 aliphatic rings. The van der Waals surface area contributed by atoms with Gasteiger partial charge in [-0.2, -0.15) is 50.7 Å². The van der Waals surface area contributed by atoms with Crippen molar-refractivity contribution < 1.29 is 70.0 Å². The van der Waals surface area contributed by atoms with Crippen LogP contribution in [-0.2, 0) is 28.7 Å². The highest BCUT2D eigenvalue weighted by atomic mass is 32.2. The number of hydrogen-bond donors (Lipinski definition) is 5. The highest BCUT2D eigenvalue weighted by Crippen LogP contribution is 2.25. The third-order valence-electron chi connectivity index (χ3n) is 6.03. The summed E-state index contributed by atoms with van der Waals surface area (Å²) in [5.74, 6) is -4.57. The van der Waals surface area contributed by atoms with Gasteiger partial charge in [0.2, 0.25) is 11.8 Å². The van der Waals surface area contributed by atoms with Crippen LogP contribution in [0.25, 0.3) is 0 Å². The second-order valence-electron chi connectivity index (χ2n) is 9.66. The van der Waals surface area contributed by atoms with Crippen LogP contribution in [0.3, 0.4) is 0 Å². The number of carbonyl (C=O) groups is 5. The number of esters is 1. The van der Waals surface area contributed by atoms with E-state index in [0.717, 1.165) is 0 Å². The summed E-state index contributed by atoms with van der Waals surface area (Å²) >= 11 is 5.76. The molecular formula is C27H37F6N3O9S2. The number of thioether (sulfide) groups is 1. The Morgan fingerprint density at radius 1 is 1.04 bits per heavy atom. The number of aliphatic carboxylic acids is 2. The molecular weight excluding hydrogens is 688 g/mol. The van der Waals surface area contributed by atoms with Crippen molar-refractivity contribution in [1.29, 1.82) is 0 Å². The number of carboxylic acids is 2. The van der Waals surface area contributed by atoms with Gasteiger partial charge in [0.25, 0.3) is 0 Å². The number of benzene rings is 1. The van der Waals surface area contributed by atoms with E-state index in [1.165, 1.54) is 7.11 Å². The van der Waals surface area contributed by atoms with Gasteiger partial charge in [0.1, 0.15) is 23.9 Å². The Balaban J connectivity index is 0.00000126. The molecule has 2 rings (SSSR count). The van der Waals surface area contributed by atoms with Crippen LogP contribution in [0.5, 0.6) is 5.75 Å². The Kier molecular flexibility index (Phi) is 19.9. The average molecular weight is 726 g/mol. The molecule has 0 aliphatic carbocycles. The lowest BCUT2D eigenvalue weighted by molar-refractivity contribution is -0.193. The van der Waals surface area contributed by atoms with Gasteiger partial charge in [-0.3, -0.25) is 9.59 Å². The number of thiol groups is 1. The first-order valence-corrected chi connectivity index (χ1v) is 15.7. The molecule has 5 N–H and O–H groups in total. The summed E-state index contributed by atoms with van der Waals surface area (Å²) in [5, 5.41) is 17.0. The van der Waals surface area contributed by atoms with Crippen LogP contribution in [0.1, 0.15) is 32.1 Å². The van der Waals surface area contributed by atoms with Gasteiger partial charge >= 0.3 is 30.3 Å². The summed E-state index contributed by atoms with van der Waals surface area (Å²) in [4.78, 5) is 57.7. The van der Waals surface area contributed by atoms with Crippen LogP contribution >= 0.6 is 24.4 Å². The lowest BCUT2D eigenvalue weighted by atomic mass is 10.1. The summed E-state index contributed by atoms with van der Waals surface area (Å²) in [6, 6.07) is 7.78. The zero-order valence-corrected chi connectivity index (χ0v) is 27.0. The average Bonchev–Trinajstić information content (AvgIpc) is 3.42. The fourth-order valence-corrected chi connectivity index (χ4v) is 4.40. The second kappa shape index (κ2) is 21.5. The first-order chi connectivity index (χ1) is 21.8. The van der Waals surface area contributed by atoms with Crippen LogP contribution in [0.15, 0.2) is 30.3 Å². The van der Waals surface area contributed by atoms with Crippen LogP contribution in [-0.4, -0.2) is 113 Å². The molecule has 0 aromatic heterocycles. The summed E-state index contributed by atoms with van der Waals surface area (Å²) < 4.78 is 74.4. The minimum atomic E-state index is -5.08. The van der Waals surface area contributed by atoms with Crippen LogP contribution in [0, 0.1) is 0 Å². The van der Waals surface area contributed by atoms with E-state index in [4.69, 9.17) is 35.0 Å². The van der Waals surface area contributed by atoms with Crippen molar-refractivity contribution in [2.75, 3.05) is 31.4 Å². The van der Waals surface area contributed by atoms with E-state index in [9.17, 15) is 40.7 Å². The van der Waals surface area contributed by atoms with Crippen molar-refractivity contribution in [1.82, 2.24) is 10.2 Å². The second-order valence-corrected chi connectivity index (χ2v) is 11.0. The van der Waals surface area contributed by atoms with Crippen molar-refractivity contribution >= 4 is 54.1 Å². The molecule has 1 aliphatic heterocycles. The zero-order valence-electron chi connectivity index (χ0n) is 25.3. The van der Waals surface area contributed by atoms with Crippen molar-refractivity contribution in [3.63, 3.8) is 0 Å². The molecule has 0 radical (unpaired) electrons. The Bertz CT molecular complexity index is 1120. The number of carbonyl (C=O) groups excluding carboxylic acids is 3. The number of hydrogen-bond acceptors (Lipinski definition) is 10. The summed E-state index contributed by atoms with van der Waals surface area (Å²) in [7, 11) is 1.30. The maximum atomic E-state index is 13.2. The van der Waals surface area contributed by atoms with Gasteiger partial charge < -0.3 is 35.6 Å². The molecule has 0 bridgehead atoms. The summed E-state index contributed by atoms with van der Waals surface area (Å²) in [6.07, 6.45) is -6.17. The molecule has 12 nitrogen and oxygen atoms in total. The number of halogens is 6. The van der Waals surface area contributed by atoms with Gasteiger partial charge in [-0.15, -0.1) is 0 Å². The van der Waals surface area contributed by atoms with E-state index < -0.39 is 42.3 Å². The topological polar surface area (TPSA) is 186 Å². The lowest BCUT2D eigenvalue weighted by Crippen LogP contribution is -2.51. The van der Waals surface area contributed by atoms with Crippen molar-refractivity contribution in [3.8, 4) is 5.75 Å². The largest absolute Gasteiger partial charge is 0.490 e. The number of nitrogens with two attached hydrogens (primary N) is 1. The number of nitrogens with one attached hydrogen (secondary N) is 1. The predicted octanol–water partition coefficient (Wildman–Crippen LogP) is 3.14. The third-order valence-corrected chi connectivity index (χ3v) is 7.14. The standard InChI is InChI=1S/C23H35N3O5S2.2C2HF3O2/c1-30-23(29)19(11-12-33-2)25-22(28)20-13-18(31-17-8-4-3-5-9-17)14-26(20)21(27)10-6-7-16(24)15-32;2*3-2(4,5)1(6)7/h3-5,8-9,16,18-20,32H,6-7,10-15,24H2,1-2H3,(H,25,28);2*(H,6,7)/t16-,18+,19+,20+;;/m1../s1. The van der Waals surface area contributed by atoms with Gasteiger partial charge in [-0.1, -0.05) is 18.2 Å². The fraction of sp³-hybridized carbons (Fsp3) is 0.593. The lowest BCUT2D eigenvalue weighted by Gasteiger charge is -2.25. The molecule has 2 amide bonds. The smallest absolute Gasteiger partial charge is 0.488 e. The number of carboxylic acid groups (broad SMARTS) is 2. The summed E-state index contributed by atoms with van der Waals surface area (Å²) in [5.41, 5.74) is 5.90. The number of rotatable bonds is 13. The quantitative estimate of drug-likeness (QED) is 0.114. The van der Waals surface area contributed by atoms with E-state index in [2.05, 4.69) is 17.9 Å². The first kappa shape index (κ1) is 43.6. The molecule has 20 heteroatoms. The van der Waals surface area contributed by atoms with Gasteiger partial charge in [0.15, 0.2) is 0 Å². The molecule has 1 saturated heterocycles. The van der Waals surface area contributed by atoms with E-state index in [1.54, 1.807) is 16.7 Å². The maximum Gasteiger partial charge on any atom is 0.490 e. The number of likely N-dealkylation sites (tertiary alicyclic amines) is 1. The molecule has 1 heterocycles. The molecule has 0 saturated carbocycles.